The molecule has 0 amide bonds. The van der Waals surface area contributed by atoms with Gasteiger partial charge in [0, 0.05) is 11.1 Å². The minimum Gasteiger partial charge on any atom is -0.457 e. The van der Waals surface area contributed by atoms with E-state index in [9.17, 15) is 9.59 Å². The lowest BCUT2D eigenvalue weighted by atomic mass is 10.0. The quantitative estimate of drug-likeness (QED) is 0.593. The Labute approximate surface area is 141 Å². The van der Waals surface area contributed by atoms with E-state index in [1.165, 1.54) is 0 Å². The van der Waals surface area contributed by atoms with Gasteiger partial charge in [0.25, 0.3) is 0 Å². The molecule has 2 aromatic carbocycles. The molecule has 0 bridgehead atoms. The molecule has 24 heavy (non-hydrogen) atoms. The van der Waals surface area contributed by atoms with E-state index in [1.807, 2.05) is 36.4 Å². The highest BCUT2D eigenvalue weighted by Crippen LogP contribution is 2.22. The van der Waals surface area contributed by atoms with Gasteiger partial charge in [-0.2, -0.15) is 0 Å². The molecule has 0 unspecified atom stereocenters. The Morgan fingerprint density at radius 1 is 0.917 bits per heavy atom. The molecule has 0 aliphatic rings. The molecule has 0 aromatic heterocycles. The van der Waals surface area contributed by atoms with Crippen LogP contribution in [0.15, 0.2) is 60.7 Å². The van der Waals surface area contributed by atoms with Gasteiger partial charge in [-0.1, -0.05) is 43.5 Å². The zero-order valence-corrected chi connectivity index (χ0v) is 13.9. The first-order valence-corrected chi connectivity index (χ1v) is 7.54. The molecule has 0 fully saturated rings. The Kier molecular flexibility index (Phi) is 5.53. The maximum absolute atomic E-state index is 11.5. The highest BCUT2D eigenvalue weighted by atomic mass is 16.5. The smallest absolute Gasteiger partial charge is 0.333 e. The molecule has 0 saturated heterocycles. The summed E-state index contributed by atoms with van der Waals surface area (Å²) < 4.78 is 10.4. The van der Waals surface area contributed by atoms with Crippen LogP contribution < -0.4 is 0 Å². The van der Waals surface area contributed by atoms with Crippen molar-refractivity contribution in [1.29, 1.82) is 0 Å². The van der Waals surface area contributed by atoms with E-state index in [-0.39, 0.29) is 13.2 Å². The minimum absolute atomic E-state index is 0.188. The van der Waals surface area contributed by atoms with E-state index in [4.69, 9.17) is 9.47 Å². The third-order valence-corrected chi connectivity index (χ3v) is 3.46. The van der Waals surface area contributed by atoms with Crippen LogP contribution in [0.3, 0.4) is 0 Å². The second kappa shape index (κ2) is 7.59. The summed E-state index contributed by atoms with van der Waals surface area (Å²) in [6.07, 6.45) is 0. The van der Waals surface area contributed by atoms with Gasteiger partial charge >= 0.3 is 11.9 Å². The van der Waals surface area contributed by atoms with Gasteiger partial charge in [0.15, 0.2) is 0 Å². The largest absolute Gasteiger partial charge is 0.457 e. The van der Waals surface area contributed by atoms with Crippen LogP contribution in [0.2, 0.25) is 0 Å². The van der Waals surface area contributed by atoms with Crippen LogP contribution in [-0.2, 0) is 32.3 Å². The number of rotatable bonds is 6. The van der Waals surface area contributed by atoms with Crippen molar-refractivity contribution in [3.63, 3.8) is 0 Å². The lowest BCUT2D eigenvalue weighted by molar-refractivity contribution is -0.141. The van der Waals surface area contributed by atoms with E-state index < -0.39 is 11.9 Å². The van der Waals surface area contributed by atoms with Crippen LogP contribution in [0.5, 0.6) is 0 Å². The fraction of sp³-hybridized carbons (Fsp3) is 0.200. The van der Waals surface area contributed by atoms with Gasteiger partial charge in [-0.15, -0.1) is 0 Å². The molecule has 2 aromatic rings. The van der Waals surface area contributed by atoms with Gasteiger partial charge in [0.1, 0.15) is 13.2 Å². The van der Waals surface area contributed by atoms with Crippen molar-refractivity contribution >= 4 is 22.7 Å². The van der Waals surface area contributed by atoms with Crippen LogP contribution in [0.25, 0.3) is 10.8 Å². The third-order valence-electron chi connectivity index (χ3n) is 3.46. The summed E-state index contributed by atoms with van der Waals surface area (Å²) >= 11 is 0. The first kappa shape index (κ1) is 17.5. The van der Waals surface area contributed by atoms with Crippen LogP contribution in [0.1, 0.15) is 25.0 Å². The number of benzene rings is 2. The van der Waals surface area contributed by atoms with E-state index >= 15 is 0 Å². The van der Waals surface area contributed by atoms with Crippen LogP contribution in [-0.4, -0.2) is 11.9 Å². The standard InChI is InChI=1S/C20H20O4/c1-13(2)19(21)23-11-15-8-9-18-16(10-15)6-5-7-17(18)12-24-20(22)14(3)4/h5-10H,1,3,11-12H2,2,4H3. The highest BCUT2D eigenvalue weighted by Gasteiger charge is 2.08. The zero-order valence-electron chi connectivity index (χ0n) is 13.9. The average Bonchev–Trinajstić information content (AvgIpc) is 2.56. The van der Waals surface area contributed by atoms with Crippen molar-refractivity contribution in [3.8, 4) is 0 Å². The van der Waals surface area contributed by atoms with Crippen LogP contribution >= 0.6 is 0 Å². The van der Waals surface area contributed by atoms with Gasteiger partial charge in [0.05, 0.1) is 0 Å². The molecule has 0 aliphatic carbocycles. The Hall–Kier alpha value is -2.88. The summed E-state index contributed by atoms with van der Waals surface area (Å²) in [4.78, 5) is 23.0. The molecular weight excluding hydrogens is 304 g/mol. The molecule has 2 rings (SSSR count). The number of hydrogen-bond donors (Lipinski definition) is 0. The van der Waals surface area contributed by atoms with Gasteiger partial charge in [-0.25, -0.2) is 9.59 Å². The second-order valence-corrected chi connectivity index (χ2v) is 5.69. The van der Waals surface area contributed by atoms with Crippen molar-refractivity contribution in [2.24, 2.45) is 0 Å². The molecule has 4 heteroatoms. The van der Waals surface area contributed by atoms with Crippen molar-refractivity contribution in [3.05, 3.63) is 71.8 Å². The number of fused-ring (bicyclic) bond motifs is 1. The Bertz CT molecular complexity index is 817. The zero-order chi connectivity index (χ0) is 17.7. The normalized spacial score (nSPS) is 10.2. The number of esters is 2. The van der Waals surface area contributed by atoms with Crippen molar-refractivity contribution in [2.45, 2.75) is 27.1 Å². The monoisotopic (exact) mass is 324 g/mol. The maximum atomic E-state index is 11.5. The summed E-state index contributed by atoms with van der Waals surface area (Å²) in [7, 11) is 0. The van der Waals surface area contributed by atoms with E-state index in [0.29, 0.717) is 11.1 Å². The summed E-state index contributed by atoms with van der Waals surface area (Å²) in [5.41, 5.74) is 2.54. The molecule has 4 nitrogen and oxygen atoms in total. The van der Waals surface area contributed by atoms with E-state index in [0.717, 1.165) is 21.9 Å². The van der Waals surface area contributed by atoms with Gasteiger partial charge in [0.2, 0.25) is 0 Å². The fourth-order valence-corrected chi connectivity index (χ4v) is 2.15. The lowest BCUT2D eigenvalue weighted by Gasteiger charge is -2.10. The van der Waals surface area contributed by atoms with Crippen molar-refractivity contribution in [1.82, 2.24) is 0 Å². The van der Waals surface area contributed by atoms with Crippen LogP contribution in [0.4, 0.5) is 0 Å². The summed E-state index contributed by atoms with van der Waals surface area (Å²) in [5, 5.41) is 1.98. The molecule has 0 radical (unpaired) electrons. The predicted octanol–water partition coefficient (Wildman–Crippen LogP) is 4.08. The topological polar surface area (TPSA) is 52.6 Å². The molecule has 124 valence electrons. The average molecular weight is 324 g/mol. The first-order chi connectivity index (χ1) is 11.4. The van der Waals surface area contributed by atoms with Gasteiger partial charge < -0.3 is 9.47 Å². The molecule has 0 spiro atoms. The van der Waals surface area contributed by atoms with Crippen molar-refractivity contribution < 1.29 is 19.1 Å². The molecular formula is C20H20O4. The summed E-state index contributed by atoms with van der Waals surface area (Å²) in [6.45, 7) is 10.7. The van der Waals surface area contributed by atoms with Crippen molar-refractivity contribution in [2.75, 3.05) is 0 Å². The SMILES string of the molecule is C=C(C)C(=O)OCc1ccc2c(COC(=O)C(=C)C)cccc2c1. The number of ether oxygens (including phenoxy) is 2. The predicted molar refractivity (Wildman–Crippen MR) is 93.2 cm³/mol. The molecule has 0 N–H and O–H groups in total. The summed E-state index contributed by atoms with van der Waals surface area (Å²) in [5.74, 6) is -0.814. The van der Waals surface area contributed by atoms with Gasteiger partial charge in [-0.05, 0) is 41.8 Å². The number of hydrogen-bond acceptors (Lipinski definition) is 4. The molecule has 0 saturated carbocycles. The fourth-order valence-electron chi connectivity index (χ4n) is 2.15. The Morgan fingerprint density at radius 3 is 2.17 bits per heavy atom. The number of carbonyl (C=O) groups is 2. The Morgan fingerprint density at radius 2 is 1.54 bits per heavy atom. The second-order valence-electron chi connectivity index (χ2n) is 5.69. The lowest BCUT2D eigenvalue weighted by Crippen LogP contribution is -2.05. The van der Waals surface area contributed by atoms with Crippen LogP contribution in [0, 0.1) is 0 Å². The van der Waals surface area contributed by atoms with E-state index in [1.54, 1.807) is 13.8 Å². The van der Waals surface area contributed by atoms with Gasteiger partial charge in [-0.3, -0.25) is 0 Å². The molecule has 0 heterocycles. The highest BCUT2D eigenvalue weighted by molar-refractivity contribution is 5.89. The van der Waals surface area contributed by atoms with E-state index in [2.05, 4.69) is 13.2 Å². The minimum atomic E-state index is -0.407. The maximum Gasteiger partial charge on any atom is 0.333 e. The third kappa shape index (κ3) is 4.32. The number of carbonyl (C=O) groups excluding carboxylic acids is 2. The Balaban J connectivity index is 2.16. The molecule has 0 aliphatic heterocycles. The first-order valence-electron chi connectivity index (χ1n) is 7.54. The molecule has 0 atom stereocenters. The summed E-state index contributed by atoms with van der Waals surface area (Å²) in [6, 6.07) is 11.5.